The first-order valence-corrected chi connectivity index (χ1v) is 7.14. The molecule has 3 unspecified atom stereocenters. The van der Waals surface area contributed by atoms with Gasteiger partial charge in [0.25, 0.3) is 5.91 Å². The van der Waals surface area contributed by atoms with Crippen LogP contribution >= 0.6 is 0 Å². The van der Waals surface area contributed by atoms with E-state index in [1.54, 1.807) is 37.1 Å². The van der Waals surface area contributed by atoms with Gasteiger partial charge < -0.3 is 24.4 Å². The highest BCUT2D eigenvalue weighted by Crippen LogP contribution is 2.31. The van der Waals surface area contributed by atoms with Gasteiger partial charge in [-0.2, -0.15) is 0 Å². The summed E-state index contributed by atoms with van der Waals surface area (Å²) in [6.07, 6.45) is 0.284. The number of ether oxygens (including phenoxy) is 1. The van der Waals surface area contributed by atoms with Gasteiger partial charge in [-0.15, -0.1) is 0 Å². The van der Waals surface area contributed by atoms with E-state index in [4.69, 9.17) is 4.74 Å². The van der Waals surface area contributed by atoms with Crippen LogP contribution in [0.5, 0.6) is 0 Å². The average molecular weight is 305 g/mol. The molecule has 1 aliphatic rings. The monoisotopic (exact) mass is 305 g/mol. The molecule has 0 saturated carbocycles. The van der Waals surface area contributed by atoms with E-state index in [0.717, 1.165) is 5.52 Å². The highest BCUT2D eigenvalue weighted by atomic mass is 16.5. The number of aromatic nitrogens is 2. The summed E-state index contributed by atoms with van der Waals surface area (Å²) in [5.74, 6) is -0.114. The summed E-state index contributed by atoms with van der Waals surface area (Å²) >= 11 is 0. The van der Waals surface area contributed by atoms with E-state index in [1.807, 2.05) is 6.07 Å². The molecule has 2 heterocycles. The third-order valence-electron chi connectivity index (χ3n) is 3.94. The minimum absolute atomic E-state index is 0.114. The lowest BCUT2D eigenvalue weighted by Crippen LogP contribution is -2.24. The van der Waals surface area contributed by atoms with E-state index in [-0.39, 0.29) is 12.5 Å². The molecule has 1 saturated heterocycles. The van der Waals surface area contributed by atoms with E-state index in [2.05, 4.69) is 4.98 Å². The fourth-order valence-corrected chi connectivity index (χ4v) is 2.75. The number of fused-ring (bicyclic) bond motifs is 1. The molecular weight excluding hydrogens is 286 g/mol. The minimum atomic E-state index is -0.709. The Morgan fingerprint density at radius 3 is 2.91 bits per heavy atom. The van der Waals surface area contributed by atoms with Gasteiger partial charge in [0.2, 0.25) is 0 Å². The third kappa shape index (κ3) is 2.37. The number of benzene rings is 1. The first kappa shape index (κ1) is 15.0. The number of rotatable bonds is 3. The number of carbonyl (C=O) groups excluding carboxylic acids is 1. The zero-order valence-corrected chi connectivity index (χ0v) is 12.5. The van der Waals surface area contributed by atoms with Crippen molar-refractivity contribution in [3.8, 4) is 0 Å². The van der Waals surface area contributed by atoms with Crippen molar-refractivity contribution in [3.05, 3.63) is 30.1 Å². The first-order chi connectivity index (χ1) is 10.5. The first-order valence-electron chi connectivity index (χ1n) is 7.14. The van der Waals surface area contributed by atoms with Crippen molar-refractivity contribution in [1.82, 2.24) is 14.5 Å². The highest BCUT2D eigenvalue weighted by Gasteiger charge is 2.35. The Morgan fingerprint density at radius 1 is 1.50 bits per heavy atom. The van der Waals surface area contributed by atoms with Gasteiger partial charge >= 0.3 is 0 Å². The molecule has 1 fully saturated rings. The van der Waals surface area contributed by atoms with E-state index in [9.17, 15) is 15.0 Å². The van der Waals surface area contributed by atoms with Crippen LogP contribution in [0.1, 0.15) is 23.0 Å². The number of para-hydroxylation sites is 1. The van der Waals surface area contributed by atoms with Crippen LogP contribution in [-0.2, 0) is 4.74 Å². The largest absolute Gasteiger partial charge is 0.394 e. The molecule has 2 aromatic rings. The molecule has 3 atom stereocenters. The van der Waals surface area contributed by atoms with Crippen LogP contribution in [0.4, 0.5) is 0 Å². The maximum absolute atomic E-state index is 12.2. The lowest BCUT2D eigenvalue weighted by atomic mass is 10.1. The Morgan fingerprint density at radius 2 is 2.27 bits per heavy atom. The quantitative estimate of drug-likeness (QED) is 0.856. The van der Waals surface area contributed by atoms with Crippen LogP contribution in [0.15, 0.2) is 24.5 Å². The van der Waals surface area contributed by atoms with Crippen molar-refractivity contribution in [2.45, 2.75) is 24.9 Å². The van der Waals surface area contributed by atoms with Crippen LogP contribution in [0, 0.1) is 0 Å². The van der Waals surface area contributed by atoms with Gasteiger partial charge in [-0.1, -0.05) is 6.07 Å². The van der Waals surface area contributed by atoms with E-state index in [1.165, 1.54) is 4.90 Å². The zero-order chi connectivity index (χ0) is 15.9. The van der Waals surface area contributed by atoms with Gasteiger partial charge in [-0.25, -0.2) is 4.98 Å². The summed E-state index contributed by atoms with van der Waals surface area (Å²) in [5, 5.41) is 19.0. The maximum Gasteiger partial charge on any atom is 0.255 e. The topological polar surface area (TPSA) is 87.8 Å². The zero-order valence-electron chi connectivity index (χ0n) is 12.5. The van der Waals surface area contributed by atoms with Crippen LogP contribution in [0.2, 0.25) is 0 Å². The molecular formula is C15H19N3O4. The summed E-state index contributed by atoms with van der Waals surface area (Å²) in [6.45, 7) is -0.228. The molecule has 3 rings (SSSR count). The summed E-state index contributed by atoms with van der Waals surface area (Å²) in [6, 6.07) is 5.39. The van der Waals surface area contributed by atoms with Crippen LogP contribution in [0.3, 0.4) is 0 Å². The van der Waals surface area contributed by atoms with Crippen molar-refractivity contribution >= 4 is 16.9 Å². The average Bonchev–Trinajstić information content (AvgIpc) is 3.08. The number of hydrogen-bond acceptors (Lipinski definition) is 5. The maximum atomic E-state index is 12.2. The van der Waals surface area contributed by atoms with Gasteiger partial charge in [0.05, 0.1) is 30.1 Å². The fourth-order valence-electron chi connectivity index (χ4n) is 2.75. The minimum Gasteiger partial charge on any atom is -0.394 e. The molecule has 0 spiro atoms. The number of amides is 1. The van der Waals surface area contributed by atoms with E-state index in [0.29, 0.717) is 17.5 Å². The van der Waals surface area contributed by atoms with Crippen molar-refractivity contribution in [3.63, 3.8) is 0 Å². The van der Waals surface area contributed by atoms with Gasteiger partial charge in [0, 0.05) is 20.5 Å². The number of hydrogen-bond donors (Lipinski definition) is 2. The second-order valence-corrected chi connectivity index (χ2v) is 5.64. The number of aliphatic hydroxyl groups excluding tert-OH is 2. The lowest BCUT2D eigenvalue weighted by molar-refractivity contribution is -0.0430. The van der Waals surface area contributed by atoms with Gasteiger partial charge in [-0.3, -0.25) is 4.79 Å². The van der Waals surface area contributed by atoms with Gasteiger partial charge in [-0.05, 0) is 12.1 Å². The molecule has 0 aliphatic carbocycles. The van der Waals surface area contributed by atoms with Crippen molar-refractivity contribution < 1.29 is 19.7 Å². The van der Waals surface area contributed by atoms with Gasteiger partial charge in [0.15, 0.2) is 0 Å². The fraction of sp³-hybridized carbons (Fsp3) is 0.467. The number of aliphatic hydroxyl groups is 2. The Balaban J connectivity index is 2.00. The smallest absolute Gasteiger partial charge is 0.255 e. The van der Waals surface area contributed by atoms with Crippen LogP contribution in [0.25, 0.3) is 11.0 Å². The Bertz CT molecular complexity index is 697. The lowest BCUT2D eigenvalue weighted by Gasteiger charge is -2.15. The Kier molecular flexibility index (Phi) is 3.86. The molecule has 0 bridgehead atoms. The summed E-state index contributed by atoms with van der Waals surface area (Å²) in [5.41, 5.74) is 1.90. The molecule has 0 radical (unpaired) electrons. The SMILES string of the molecule is CN(C)C(=O)c1cccc2c1ncn2C1CC(O)C(CO)O1. The molecule has 1 amide bonds. The molecule has 1 aliphatic heterocycles. The number of carbonyl (C=O) groups is 1. The number of nitrogens with zero attached hydrogens (tertiary/aromatic N) is 3. The van der Waals surface area contributed by atoms with Crippen molar-refractivity contribution in [1.29, 1.82) is 0 Å². The second kappa shape index (κ2) is 5.68. The summed E-state index contributed by atoms with van der Waals surface area (Å²) in [4.78, 5) is 18.1. The molecule has 7 nitrogen and oxygen atoms in total. The molecule has 1 aromatic carbocycles. The summed E-state index contributed by atoms with van der Waals surface area (Å²) in [7, 11) is 3.39. The Labute approximate surface area is 127 Å². The number of imidazole rings is 1. The standard InChI is InChI=1S/C15H19N3O4/c1-17(2)15(21)9-4-3-5-10-14(9)16-8-18(10)13-6-11(20)12(7-19)22-13/h3-5,8,11-13,19-20H,6-7H2,1-2H3. The van der Waals surface area contributed by atoms with E-state index < -0.39 is 18.4 Å². The summed E-state index contributed by atoms with van der Waals surface area (Å²) < 4.78 is 7.44. The van der Waals surface area contributed by atoms with Crippen molar-refractivity contribution in [2.24, 2.45) is 0 Å². The molecule has 7 heteroatoms. The highest BCUT2D eigenvalue weighted by molar-refractivity contribution is 6.04. The molecule has 118 valence electrons. The van der Waals surface area contributed by atoms with Crippen LogP contribution < -0.4 is 0 Å². The molecule has 1 aromatic heterocycles. The second-order valence-electron chi connectivity index (χ2n) is 5.64. The Hall–Kier alpha value is -1.96. The predicted octanol–water partition coefficient (Wildman–Crippen LogP) is 0.379. The van der Waals surface area contributed by atoms with Crippen molar-refractivity contribution in [2.75, 3.05) is 20.7 Å². The van der Waals surface area contributed by atoms with Gasteiger partial charge in [0.1, 0.15) is 17.8 Å². The predicted molar refractivity (Wildman–Crippen MR) is 79.4 cm³/mol. The normalized spacial score (nSPS) is 24.8. The van der Waals surface area contributed by atoms with Crippen LogP contribution in [-0.4, -0.2) is 63.5 Å². The third-order valence-corrected chi connectivity index (χ3v) is 3.94. The molecule has 2 N–H and O–H groups in total. The van der Waals surface area contributed by atoms with E-state index >= 15 is 0 Å². The molecule has 22 heavy (non-hydrogen) atoms.